The molecule has 5 heteroatoms. The molecular formula is C10H9ClO4. The van der Waals surface area contributed by atoms with Crippen molar-refractivity contribution >= 4 is 17.6 Å². The molecule has 0 bridgehead atoms. The van der Waals surface area contributed by atoms with Gasteiger partial charge in [-0.15, -0.1) is 0 Å². The third kappa shape index (κ3) is 1.85. The number of carboxylic acids is 1. The summed E-state index contributed by atoms with van der Waals surface area (Å²) in [6, 6.07) is 2.98. The molecule has 4 nitrogen and oxygen atoms in total. The normalized spacial score (nSPS) is 14.5. The third-order valence-electron chi connectivity index (χ3n) is 2.08. The van der Waals surface area contributed by atoms with E-state index >= 15 is 0 Å². The van der Waals surface area contributed by atoms with Crippen LogP contribution in [-0.4, -0.2) is 24.3 Å². The number of halogens is 1. The monoisotopic (exact) mass is 228 g/mol. The molecule has 1 aromatic rings. The first kappa shape index (κ1) is 10.1. The van der Waals surface area contributed by atoms with Gasteiger partial charge in [0.2, 0.25) is 0 Å². The molecule has 1 aromatic carbocycles. The minimum absolute atomic E-state index is 0.0286. The Labute approximate surface area is 91.4 Å². The lowest BCUT2D eigenvalue weighted by atomic mass is 10.2. The van der Waals surface area contributed by atoms with Crippen molar-refractivity contribution in [3.05, 3.63) is 22.7 Å². The number of carboxylic acid groups (broad SMARTS) is 1. The third-order valence-corrected chi connectivity index (χ3v) is 2.46. The van der Waals surface area contributed by atoms with Crippen LogP contribution in [0.4, 0.5) is 0 Å². The van der Waals surface area contributed by atoms with Crippen LogP contribution in [0.3, 0.4) is 0 Å². The molecule has 0 radical (unpaired) electrons. The lowest BCUT2D eigenvalue weighted by molar-refractivity contribution is 0.0696. The van der Waals surface area contributed by atoms with Crippen molar-refractivity contribution < 1.29 is 19.4 Å². The topological polar surface area (TPSA) is 55.8 Å². The molecule has 0 fully saturated rings. The van der Waals surface area contributed by atoms with Crippen LogP contribution in [0.5, 0.6) is 11.5 Å². The molecule has 0 saturated carbocycles. The van der Waals surface area contributed by atoms with E-state index in [1.54, 1.807) is 6.07 Å². The van der Waals surface area contributed by atoms with Crippen LogP contribution in [0.2, 0.25) is 5.02 Å². The van der Waals surface area contributed by atoms with E-state index in [0.717, 1.165) is 6.42 Å². The number of benzene rings is 1. The van der Waals surface area contributed by atoms with Gasteiger partial charge in [-0.25, -0.2) is 4.79 Å². The van der Waals surface area contributed by atoms with Crippen molar-refractivity contribution in [2.24, 2.45) is 0 Å². The summed E-state index contributed by atoms with van der Waals surface area (Å²) in [5.41, 5.74) is 0.0286. The molecule has 0 atom stereocenters. The van der Waals surface area contributed by atoms with E-state index in [1.165, 1.54) is 6.07 Å². The predicted molar refractivity (Wildman–Crippen MR) is 54.0 cm³/mol. The highest BCUT2D eigenvalue weighted by molar-refractivity contribution is 6.35. The largest absolute Gasteiger partial charge is 0.490 e. The Kier molecular flexibility index (Phi) is 2.68. The van der Waals surface area contributed by atoms with Gasteiger partial charge in [0, 0.05) is 6.42 Å². The van der Waals surface area contributed by atoms with Crippen LogP contribution in [-0.2, 0) is 0 Å². The number of hydrogen-bond donors (Lipinski definition) is 1. The molecule has 0 saturated heterocycles. The zero-order valence-electron chi connectivity index (χ0n) is 7.83. The Bertz CT molecular complexity index is 403. The van der Waals surface area contributed by atoms with E-state index in [-0.39, 0.29) is 10.6 Å². The minimum atomic E-state index is -1.07. The smallest absolute Gasteiger partial charge is 0.337 e. The maximum atomic E-state index is 10.8. The number of fused-ring (bicyclic) bond motifs is 1. The Morgan fingerprint density at radius 3 is 2.80 bits per heavy atom. The average Bonchev–Trinajstić information content (AvgIpc) is 2.43. The lowest BCUT2D eigenvalue weighted by Gasteiger charge is -2.10. The molecule has 0 unspecified atom stereocenters. The molecule has 0 aromatic heterocycles. The quantitative estimate of drug-likeness (QED) is 0.801. The lowest BCUT2D eigenvalue weighted by Crippen LogP contribution is -2.00. The molecule has 0 amide bonds. The second-order valence-electron chi connectivity index (χ2n) is 3.11. The van der Waals surface area contributed by atoms with Crippen molar-refractivity contribution in [3.63, 3.8) is 0 Å². The second-order valence-corrected chi connectivity index (χ2v) is 3.49. The summed E-state index contributed by atoms with van der Waals surface area (Å²) in [6.07, 6.45) is 0.757. The van der Waals surface area contributed by atoms with E-state index in [0.29, 0.717) is 24.7 Å². The molecule has 1 aliphatic rings. The molecular weight excluding hydrogens is 220 g/mol. The number of rotatable bonds is 1. The number of carbonyl (C=O) groups is 1. The number of ether oxygens (including phenoxy) is 2. The zero-order valence-corrected chi connectivity index (χ0v) is 8.58. The van der Waals surface area contributed by atoms with Crippen LogP contribution in [0.1, 0.15) is 16.8 Å². The van der Waals surface area contributed by atoms with Gasteiger partial charge in [0.1, 0.15) is 5.02 Å². The van der Waals surface area contributed by atoms with Crippen LogP contribution < -0.4 is 9.47 Å². The van der Waals surface area contributed by atoms with Gasteiger partial charge in [0.25, 0.3) is 0 Å². The Hall–Kier alpha value is -1.42. The molecule has 2 rings (SSSR count). The summed E-state index contributed by atoms with van der Waals surface area (Å²) in [5, 5.41) is 8.96. The van der Waals surface area contributed by atoms with E-state index in [4.69, 9.17) is 26.2 Å². The second kappa shape index (κ2) is 3.98. The molecule has 1 aliphatic heterocycles. The highest BCUT2D eigenvalue weighted by Gasteiger charge is 2.19. The van der Waals surface area contributed by atoms with Crippen molar-refractivity contribution in [1.82, 2.24) is 0 Å². The summed E-state index contributed by atoms with van der Waals surface area (Å²) in [7, 11) is 0. The van der Waals surface area contributed by atoms with Crippen LogP contribution in [0.25, 0.3) is 0 Å². The molecule has 15 heavy (non-hydrogen) atoms. The SMILES string of the molecule is O=C(O)c1ccc2c(c1Cl)OCCCO2. The predicted octanol–water partition coefficient (Wildman–Crippen LogP) is 2.20. The van der Waals surface area contributed by atoms with Gasteiger partial charge in [-0.2, -0.15) is 0 Å². The van der Waals surface area contributed by atoms with Crippen molar-refractivity contribution in [3.8, 4) is 11.5 Å². The molecule has 1 N–H and O–H groups in total. The highest BCUT2D eigenvalue weighted by atomic mass is 35.5. The summed E-state index contributed by atoms with van der Waals surface area (Å²) < 4.78 is 10.7. The summed E-state index contributed by atoms with van der Waals surface area (Å²) in [4.78, 5) is 10.8. The van der Waals surface area contributed by atoms with Crippen molar-refractivity contribution in [2.45, 2.75) is 6.42 Å². The van der Waals surface area contributed by atoms with Gasteiger partial charge >= 0.3 is 5.97 Å². The first-order chi connectivity index (χ1) is 7.20. The van der Waals surface area contributed by atoms with Gasteiger partial charge in [0.05, 0.1) is 18.8 Å². The van der Waals surface area contributed by atoms with Crippen molar-refractivity contribution in [1.29, 1.82) is 0 Å². The summed E-state index contributed by atoms with van der Waals surface area (Å²) >= 11 is 5.91. The maximum Gasteiger partial charge on any atom is 0.337 e. The van der Waals surface area contributed by atoms with Gasteiger partial charge in [0.15, 0.2) is 11.5 Å². The Morgan fingerprint density at radius 1 is 1.33 bits per heavy atom. The fraction of sp³-hybridized carbons (Fsp3) is 0.300. The molecule has 0 aliphatic carbocycles. The Morgan fingerprint density at radius 2 is 2.07 bits per heavy atom. The van der Waals surface area contributed by atoms with Gasteiger partial charge in [-0.05, 0) is 12.1 Å². The van der Waals surface area contributed by atoms with E-state index < -0.39 is 5.97 Å². The van der Waals surface area contributed by atoms with Gasteiger partial charge in [-0.1, -0.05) is 11.6 Å². The molecule has 80 valence electrons. The fourth-order valence-electron chi connectivity index (χ4n) is 1.37. The van der Waals surface area contributed by atoms with Crippen molar-refractivity contribution in [2.75, 3.05) is 13.2 Å². The van der Waals surface area contributed by atoms with Crippen LogP contribution >= 0.6 is 11.6 Å². The standard InChI is InChI=1S/C10H9ClO4/c11-8-6(10(12)13)2-3-7-9(8)15-5-1-4-14-7/h2-3H,1,4-5H2,(H,12,13). The van der Waals surface area contributed by atoms with E-state index in [9.17, 15) is 4.79 Å². The highest BCUT2D eigenvalue weighted by Crippen LogP contribution is 2.38. The Balaban J connectivity index is 2.50. The first-order valence-electron chi connectivity index (χ1n) is 4.51. The maximum absolute atomic E-state index is 10.8. The van der Waals surface area contributed by atoms with Crippen LogP contribution in [0, 0.1) is 0 Å². The molecule has 0 spiro atoms. The minimum Gasteiger partial charge on any atom is -0.490 e. The number of aromatic carboxylic acids is 1. The average molecular weight is 229 g/mol. The zero-order chi connectivity index (χ0) is 10.8. The summed E-state index contributed by atoms with van der Waals surface area (Å²) in [6.45, 7) is 1.03. The first-order valence-corrected chi connectivity index (χ1v) is 4.89. The number of hydrogen-bond acceptors (Lipinski definition) is 3. The van der Waals surface area contributed by atoms with Crippen LogP contribution in [0.15, 0.2) is 12.1 Å². The van der Waals surface area contributed by atoms with E-state index in [2.05, 4.69) is 0 Å². The summed E-state index contributed by atoms with van der Waals surface area (Å²) in [5.74, 6) is -0.243. The van der Waals surface area contributed by atoms with Gasteiger partial charge in [-0.3, -0.25) is 0 Å². The molecule has 1 heterocycles. The van der Waals surface area contributed by atoms with E-state index in [1.807, 2.05) is 0 Å². The van der Waals surface area contributed by atoms with Gasteiger partial charge < -0.3 is 14.6 Å². The fourth-order valence-corrected chi connectivity index (χ4v) is 1.66.